The second-order valence-corrected chi connectivity index (χ2v) is 7.42. The Morgan fingerprint density at radius 1 is 1.42 bits per heavy atom. The average molecular weight is 357 g/mol. The molecule has 0 aliphatic rings. The molecular weight excluding hydrogens is 340 g/mol. The summed E-state index contributed by atoms with van der Waals surface area (Å²) >= 11 is 6.95. The average Bonchev–Trinajstić information content (AvgIpc) is 2.83. The summed E-state index contributed by atoms with van der Waals surface area (Å²) in [5, 5.41) is 3.43. The van der Waals surface area contributed by atoms with Gasteiger partial charge in [-0.2, -0.15) is 0 Å². The molecule has 19 heavy (non-hydrogen) atoms. The van der Waals surface area contributed by atoms with Crippen LogP contribution >= 0.6 is 39.0 Å². The van der Waals surface area contributed by atoms with Gasteiger partial charge in [-0.15, -0.1) is 11.3 Å². The maximum Gasteiger partial charge on any atom is 0.0967 e. The Kier molecular flexibility index (Phi) is 5.45. The summed E-state index contributed by atoms with van der Waals surface area (Å²) in [5.74, 6) is 0. The van der Waals surface area contributed by atoms with Gasteiger partial charge < -0.3 is 5.73 Å². The Balaban J connectivity index is 2.24. The third-order valence-electron chi connectivity index (χ3n) is 2.97. The van der Waals surface area contributed by atoms with Crippen molar-refractivity contribution in [2.45, 2.75) is 36.6 Å². The van der Waals surface area contributed by atoms with E-state index in [0.717, 1.165) is 15.9 Å². The largest absolute Gasteiger partial charge is 0.326 e. The van der Waals surface area contributed by atoms with E-state index in [1.54, 1.807) is 23.1 Å². The molecule has 2 heterocycles. The number of pyridine rings is 1. The molecule has 2 N–H and O–H groups in total. The van der Waals surface area contributed by atoms with Crippen molar-refractivity contribution in [1.29, 1.82) is 0 Å². The monoisotopic (exact) mass is 356 g/mol. The van der Waals surface area contributed by atoms with E-state index in [0.29, 0.717) is 0 Å². The molecule has 0 amide bonds. The predicted molar refractivity (Wildman–Crippen MR) is 87.9 cm³/mol. The minimum Gasteiger partial charge on any atom is -0.326 e. The normalized spacial score (nSPS) is 14.3. The van der Waals surface area contributed by atoms with E-state index in [9.17, 15) is 0 Å². The first-order valence-electron chi connectivity index (χ1n) is 6.19. The molecule has 2 aromatic heterocycles. The van der Waals surface area contributed by atoms with E-state index in [4.69, 9.17) is 5.73 Å². The van der Waals surface area contributed by atoms with Gasteiger partial charge in [0, 0.05) is 21.6 Å². The Morgan fingerprint density at radius 3 is 2.74 bits per heavy atom. The second-order valence-electron chi connectivity index (χ2n) is 4.39. The van der Waals surface area contributed by atoms with Gasteiger partial charge in [-0.3, -0.25) is 0 Å². The second kappa shape index (κ2) is 6.88. The van der Waals surface area contributed by atoms with E-state index in [1.807, 2.05) is 18.3 Å². The Morgan fingerprint density at radius 2 is 2.21 bits per heavy atom. The van der Waals surface area contributed by atoms with Crippen molar-refractivity contribution in [3.05, 3.63) is 44.7 Å². The fourth-order valence-electron chi connectivity index (χ4n) is 1.79. The Bertz CT molecular complexity index is 524. The van der Waals surface area contributed by atoms with Crippen molar-refractivity contribution in [3.63, 3.8) is 0 Å². The summed E-state index contributed by atoms with van der Waals surface area (Å²) < 4.78 is 1.00. The summed E-state index contributed by atoms with van der Waals surface area (Å²) in [6.07, 6.45) is 2.80. The van der Waals surface area contributed by atoms with E-state index >= 15 is 0 Å². The SMILES string of the molecule is CCC(N)C(Sc1ccc(Br)cn1)c1sccc1C. The molecular formula is C14H17BrN2S2. The molecule has 102 valence electrons. The highest BCUT2D eigenvalue weighted by Crippen LogP contribution is 2.41. The lowest BCUT2D eigenvalue weighted by molar-refractivity contribution is 0.637. The van der Waals surface area contributed by atoms with Gasteiger partial charge in [-0.05, 0) is 58.4 Å². The van der Waals surface area contributed by atoms with Crippen LogP contribution in [0.3, 0.4) is 0 Å². The van der Waals surface area contributed by atoms with Gasteiger partial charge in [-0.25, -0.2) is 4.98 Å². The molecule has 2 unspecified atom stereocenters. The third-order valence-corrected chi connectivity index (χ3v) is 6.01. The van der Waals surface area contributed by atoms with Crippen LogP contribution < -0.4 is 5.73 Å². The molecule has 2 atom stereocenters. The van der Waals surface area contributed by atoms with Gasteiger partial charge in [0.25, 0.3) is 0 Å². The van der Waals surface area contributed by atoms with Gasteiger partial charge in [0.1, 0.15) is 0 Å². The maximum atomic E-state index is 6.30. The number of thioether (sulfide) groups is 1. The van der Waals surface area contributed by atoms with Gasteiger partial charge >= 0.3 is 0 Å². The van der Waals surface area contributed by atoms with Crippen LogP contribution in [0.4, 0.5) is 0 Å². The quantitative estimate of drug-likeness (QED) is 0.783. The van der Waals surface area contributed by atoms with Gasteiger partial charge in [0.05, 0.1) is 10.3 Å². The number of halogens is 1. The van der Waals surface area contributed by atoms with Crippen LogP contribution in [0.15, 0.2) is 39.3 Å². The number of aryl methyl sites for hydroxylation is 1. The molecule has 0 fully saturated rings. The van der Waals surface area contributed by atoms with E-state index in [1.165, 1.54) is 10.4 Å². The molecule has 0 spiro atoms. The highest BCUT2D eigenvalue weighted by atomic mass is 79.9. The molecule has 2 aromatic rings. The van der Waals surface area contributed by atoms with Crippen molar-refractivity contribution in [1.82, 2.24) is 4.98 Å². The Labute approximate surface area is 131 Å². The molecule has 0 aliphatic carbocycles. The lowest BCUT2D eigenvalue weighted by Crippen LogP contribution is -2.25. The third kappa shape index (κ3) is 3.81. The number of nitrogens with zero attached hydrogens (tertiary/aromatic N) is 1. The summed E-state index contributed by atoms with van der Waals surface area (Å²) in [7, 11) is 0. The van der Waals surface area contributed by atoms with Crippen LogP contribution in [-0.2, 0) is 0 Å². The number of hydrogen-bond donors (Lipinski definition) is 1. The van der Waals surface area contributed by atoms with Crippen molar-refractivity contribution in [2.75, 3.05) is 0 Å². The van der Waals surface area contributed by atoms with Crippen LogP contribution in [0.25, 0.3) is 0 Å². The van der Waals surface area contributed by atoms with Crippen molar-refractivity contribution in [3.8, 4) is 0 Å². The van der Waals surface area contributed by atoms with Crippen LogP contribution in [-0.4, -0.2) is 11.0 Å². The molecule has 5 heteroatoms. The first kappa shape index (κ1) is 15.0. The van der Waals surface area contributed by atoms with Crippen LogP contribution in [0.2, 0.25) is 0 Å². The van der Waals surface area contributed by atoms with Gasteiger partial charge in [-0.1, -0.05) is 18.7 Å². The number of rotatable bonds is 5. The van der Waals surface area contributed by atoms with Gasteiger partial charge in [0.15, 0.2) is 0 Å². The van der Waals surface area contributed by atoms with Crippen LogP contribution in [0, 0.1) is 6.92 Å². The zero-order chi connectivity index (χ0) is 13.8. The number of hydrogen-bond acceptors (Lipinski definition) is 4. The maximum absolute atomic E-state index is 6.30. The summed E-state index contributed by atoms with van der Waals surface area (Å²) in [5.41, 5.74) is 7.63. The van der Waals surface area contributed by atoms with Crippen LogP contribution in [0.1, 0.15) is 29.0 Å². The minimum atomic E-state index is 0.146. The highest BCUT2D eigenvalue weighted by molar-refractivity contribution is 9.10. The van der Waals surface area contributed by atoms with Crippen molar-refractivity contribution >= 4 is 39.0 Å². The molecule has 2 nitrogen and oxygen atoms in total. The lowest BCUT2D eigenvalue weighted by Gasteiger charge is -2.22. The summed E-state index contributed by atoms with van der Waals surface area (Å²) in [6.45, 7) is 4.28. The van der Waals surface area contributed by atoms with E-state index in [2.05, 4.69) is 46.2 Å². The van der Waals surface area contributed by atoms with Gasteiger partial charge in [0.2, 0.25) is 0 Å². The van der Waals surface area contributed by atoms with Crippen molar-refractivity contribution < 1.29 is 0 Å². The lowest BCUT2D eigenvalue weighted by atomic mass is 10.1. The van der Waals surface area contributed by atoms with Crippen LogP contribution in [0.5, 0.6) is 0 Å². The molecule has 0 aromatic carbocycles. The molecule has 0 bridgehead atoms. The molecule has 0 radical (unpaired) electrons. The highest BCUT2D eigenvalue weighted by Gasteiger charge is 2.23. The minimum absolute atomic E-state index is 0.146. The standard InChI is InChI=1S/C14H17BrN2S2/c1-3-11(16)14(13-9(2)6-7-18-13)19-12-5-4-10(15)8-17-12/h4-8,11,14H,3,16H2,1-2H3. The fourth-order valence-corrected chi connectivity index (χ4v) is 4.50. The fraction of sp³-hybridized carbons (Fsp3) is 0.357. The molecule has 0 aliphatic heterocycles. The topological polar surface area (TPSA) is 38.9 Å². The first-order chi connectivity index (χ1) is 9.11. The number of thiophene rings is 1. The smallest absolute Gasteiger partial charge is 0.0967 e. The zero-order valence-corrected chi connectivity index (χ0v) is 14.2. The number of aromatic nitrogens is 1. The zero-order valence-electron chi connectivity index (χ0n) is 11.0. The predicted octanol–water partition coefficient (Wildman–Crippen LogP) is 4.78. The number of nitrogens with two attached hydrogens (primary N) is 1. The summed E-state index contributed by atoms with van der Waals surface area (Å²) in [6, 6.07) is 6.36. The first-order valence-corrected chi connectivity index (χ1v) is 8.74. The molecule has 2 rings (SSSR count). The van der Waals surface area contributed by atoms with Crippen molar-refractivity contribution in [2.24, 2.45) is 5.73 Å². The van der Waals surface area contributed by atoms with E-state index < -0.39 is 0 Å². The Hall–Kier alpha value is -0.360. The molecule has 0 saturated heterocycles. The van der Waals surface area contributed by atoms with E-state index in [-0.39, 0.29) is 11.3 Å². The summed E-state index contributed by atoms with van der Waals surface area (Å²) in [4.78, 5) is 5.80. The molecule has 0 saturated carbocycles.